The summed E-state index contributed by atoms with van der Waals surface area (Å²) in [6.45, 7) is 11.5. The molecule has 1 heterocycles. The Bertz CT molecular complexity index is 1150. The molecule has 4 N–H and O–H groups in total. The molecule has 0 aliphatic carbocycles. The zero-order chi connectivity index (χ0) is 32.9. The van der Waals surface area contributed by atoms with Crippen LogP contribution < -0.4 is 21.3 Å². The molecule has 0 bridgehead atoms. The molecule has 1 fully saturated rings. The Labute approximate surface area is 260 Å². The molecule has 1 aromatic carbocycles. The number of methoxy groups -OCH3 is 1. The lowest BCUT2D eigenvalue weighted by Gasteiger charge is -2.32. The number of hydrogen-bond donors (Lipinski definition) is 4. The minimum atomic E-state index is -1.18. The van der Waals surface area contributed by atoms with Gasteiger partial charge in [0.05, 0.1) is 18.8 Å². The smallest absolute Gasteiger partial charge is 0.408 e. The van der Waals surface area contributed by atoms with Gasteiger partial charge in [-0.2, -0.15) is 0 Å². The molecule has 5 atom stereocenters. The molecule has 0 aromatic heterocycles. The minimum Gasteiger partial charge on any atom is -0.466 e. The lowest BCUT2D eigenvalue weighted by molar-refractivity contribution is -0.135. The number of amides is 4. The first-order valence-corrected chi connectivity index (χ1v) is 15.0. The van der Waals surface area contributed by atoms with Gasteiger partial charge in [0.1, 0.15) is 18.7 Å². The van der Waals surface area contributed by atoms with Crippen LogP contribution in [-0.4, -0.2) is 73.3 Å². The van der Waals surface area contributed by atoms with E-state index in [1.165, 1.54) is 19.3 Å². The molecular formula is C32H48N4O8. The SMILES string of the molecule is COC(=O)C=C[C@H](CC1CCNC1=O)NC(=O)[C@H](CC(C)C)NC(=O)[C@@H](NC(=O)OCc1ccccc1)C(C)OC(C)(C)C. The highest BCUT2D eigenvalue weighted by atomic mass is 16.6. The van der Waals surface area contributed by atoms with E-state index in [4.69, 9.17) is 9.47 Å². The van der Waals surface area contributed by atoms with Crippen molar-refractivity contribution in [1.29, 1.82) is 0 Å². The van der Waals surface area contributed by atoms with E-state index in [2.05, 4.69) is 26.0 Å². The van der Waals surface area contributed by atoms with Crippen LogP contribution in [0.25, 0.3) is 0 Å². The number of carbonyl (C=O) groups excluding carboxylic acids is 5. The number of carbonyl (C=O) groups is 5. The van der Waals surface area contributed by atoms with Gasteiger partial charge in [-0.15, -0.1) is 0 Å². The van der Waals surface area contributed by atoms with Crippen LogP contribution in [0.2, 0.25) is 0 Å². The molecule has 0 spiro atoms. The molecule has 4 amide bonds. The highest BCUT2D eigenvalue weighted by Crippen LogP contribution is 2.18. The Balaban J connectivity index is 2.22. The van der Waals surface area contributed by atoms with Crippen LogP contribution in [0, 0.1) is 11.8 Å². The van der Waals surface area contributed by atoms with E-state index in [9.17, 15) is 24.0 Å². The van der Waals surface area contributed by atoms with Gasteiger partial charge in [0.25, 0.3) is 0 Å². The first kappa shape index (κ1) is 36.3. The van der Waals surface area contributed by atoms with Gasteiger partial charge in [-0.1, -0.05) is 50.3 Å². The molecule has 44 heavy (non-hydrogen) atoms. The zero-order valence-corrected chi connectivity index (χ0v) is 26.8. The van der Waals surface area contributed by atoms with Crippen LogP contribution in [0.1, 0.15) is 66.4 Å². The molecule has 2 unspecified atom stereocenters. The number of nitrogens with one attached hydrogen (secondary N) is 4. The van der Waals surface area contributed by atoms with Gasteiger partial charge < -0.3 is 35.5 Å². The van der Waals surface area contributed by atoms with E-state index in [-0.39, 0.29) is 37.2 Å². The van der Waals surface area contributed by atoms with Crippen molar-refractivity contribution in [3.05, 3.63) is 48.0 Å². The third-order valence-electron chi connectivity index (χ3n) is 6.81. The van der Waals surface area contributed by atoms with Crippen molar-refractivity contribution in [1.82, 2.24) is 21.3 Å². The predicted molar refractivity (Wildman–Crippen MR) is 164 cm³/mol. The molecular weight excluding hydrogens is 568 g/mol. The summed E-state index contributed by atoms with van der Waals surface area (Å²) in [5.41, 5.74) is 0.149. The fraction of sp³-hybridized carbons (Fsp3) is 0.594. The molecule has 1 saturated heterocycles. The summed E-state index contributed by atoms with van der Waals surface area (Å²) >= 11 is 0. The largest absolute Gasteiger partial charge is 0.466 e. The van der Waals surface area contributed by atoms with Crippen LogP contribution in [0.4, 0.5) is 4.79 Å². The monoisotopic (exact) mass is 616 g/mol. The van der Waals surface area contributed by atoms with E-state index in [0.717, 1.165) is 5.56 Å². The van der Waals surface area contributed by atoms with Crippen molar-refractivity contribution in [3.63, 3.8) is 0 Å². The number of alkyl carbamates (subject to hydrolysis) is 1. The molecule has 0 radical (unpaired) electrons. The Morgan fingerprint density at radius 2 is 1.70 bits per heavy atom. The Morgan fingerprint density at radius 3 is 2.27 bits per heavy atom. The lowest BCUT2D eigenvalue weighted by atomic mass is 9.96. The van der Waals surface area contributed by atoms with Gasteiger partial charge in [-0.3, -0.25) is 14.4 Å². The normalized spacial score (nSPS) is 17.7. The van der Waals surface area contributed by atoms with Gasteiger partial charge in [-0.05, 0) is 58.4 Å². The zero-order valence-electron chi connectivity index (χ0n) is 26.8. The van der Waals surface area contributed by atoms with Gasteiger partial charge in [0.2, 0.25) is 17.7 Å². The Morgan fingerprint density at radius 1 is 1.02 bits per heavy atom. The molecule has 12 nitrogen and oxygen atoms in total. The molecule has 1 aromatic rings. The molecule has 12 heteroatoms. The summed E-state index contributed by atoms with van der Waals surface area (Å²) in [4.78, 5) is 64.0. The second kappa shape index (κ2) is 17.4. The summed E-state index contributed by atoms with van der Waals surface area (Å²) in [5, 5.41) is 11.0. The number of esters is 1. The molecule has 1 aliphatic rings. The Kier molecular flexibility index (Phi) is 14.3. The van der Waals surface area contributed by atoms with Crippen molar-refractivity contribution in [3.8, 4) is 0 Å². The number of benzene rings is 1. The standard InChI is InChI=1S/C32H48N4O8/c1-20(2)17-25(29(39)34-24(13-14-26(37)42-7)18-23-15-16-33-28(23)38)35-30(40)27(21(3)44-32(4,5)6)36-31(41)43-19-22-11-9-8-10-12-22/h8-14,20-21,23-25,27H,15-19H2,1-7H3,(H,33,38)(H,34,39)(H,35,40)(H,36,41)/t21?,23?,24-,25+,27+/m1/s1. The number of rotatable bonds is 15. The van der Waals surface area contributed by atoms with Crippen LogP contribution >= 0.6 is 0 Å². The van der Waals surface area contributed by atoms with Crippen molar-refractivity contribution in [2.75, 3.05) is 13.7 Å². The van der Waals surface area contributed by atoms with E-state index in [0.29, 0.717) is 13.0 Å². The van der Waals surface area contributed by atoms with Crippen molar-refractivity contribution >= 4 is 29.8 Å². The van der Waals surface area contributed by atoms with Gasteiger partial charge in [-0.25, -0.2) is 9.59 Å². The molecule has 1 aliphatic heterocycles. The number of ether oxygens (including phenoxy) is 3. The van der Waals surface area contributed by atoms with E-state index < -0.39 is 53.7 Å². The average Bonchev–Trinajstić information content (AvgIpc) is 3.35. The first-order valence-electron chi connectivity index (χ1n) is 15.0. The fourth-order valence-electron chi connectivity index (χ4n) is 4.79. The van der Waals surface area contributed by atoms with Crippen LogP contribution in [0.3, 0.4) is 0 Å². The highest BCUT2D eigenvalue weighted by Gasteiger charge is 2.35. The Hall–Kier alpha value is -3.93. The van der Waals surface area contributed by atoms with E-state index >= 15 is 0 Å². The quantitative estimate of drug-likeness (QED) is 0.173. The predicted octanol–water partition coefficient (Wildman–Crippen LogP) is 2.76. The summed E-state index contributed by atoms with van der Waals surface area (Å²) < 4.78 is 16.0. The second-order valence-corrected chi connectivity index (χ2v) is 12.3. The van der Waals surface area contributed by atoms with Gasteiger partial charge in [0.15, 0.2) is 0 Å². The third kappa shape index (κ3) is 13.2. The summed E-state index contributed by atoms with van der Waals surface area (Å²) in [6.07, 6.45) is 2.24. The van der Waals surface area contributed by atoms with Crippen molar-refractivity contribution < 1.29 is 38.2 Å². The average molecular weight is 617 g/mol. The van der Waals surface area contributed by atoms with Crippen LogP contribution in [0.5, 0.6) is 0 Å². The summed E-state index contributed by atoms with van der Waals surface area (Å²) in [6, 6.07) is 6.27. The second-order valence-electron chi connectivity index (χ2n) is 12.3. The molecule has 2 rings (SSSR count). The summed E-state index contributed by atoms with van der Waals surface area (Å²) in [7, 11) is 1.24. The van der Waals surface area contributed by atoms with Crippen LogP contribution in [-0.2, 0) is 40.0 Å². The molecule has 244 valence electrons. The van der Waals surface area contributed by atoms with E-state index in [1.807, 2.05) is 65.0 Å². The fourth-order valence-corrected chi connectivity index (χ4v) is 4.79. The third-order valence-corrected chi connectivity index (χ3v) is 6.81. The van der Waals surface area contributed by atoms with Crippen LogP contribution in [0.15, 0.2) is 42.5 Å². The maximum Gasteiger partial charge on any atom is 0.408 e. The van der Waals surface area contributed by atoms with Gasteiger partial charge >= 0.3 is 12.1 Å². The highest BCUT2D eigenvalue weighted by molar-refractivity contribution is 5.92. The van der Waals surface area contributed by atoms with Gasteiger partial charge in [0, 0.05) is 24.6 Å². The minimum absolute atomic E-state index is 0.00734. The number of hydrogen-bond acceptors (Lipinski definition) is 8. The topological polar surface area (TPSA) is 161 Å². The first-order chi connectivity index (χ1) is 20.7. The lowest BCUT2D eigenvalue weighted by Crippen LogP contribution is -2.59. The molecule has 0 saturated carbocycles. The van der Waals surface area contributed by atoms with E-state index in [1.54, 1.807) is 6.92 Å². The summed E-state index contributed by atoms with van der Waals surface area (Å²) in [5.74, 6) is -2.18. The van der Waals surface area contributed by atoms with Crippen molar-refractivity contribution in [2.45, 2.75) is 97.2 Å². The van der Waals surface area contributed by atoms with Crippen molar-refractivity contribution in [2.24, 2.45) is 11.8 Å². The maximum absolute atomic E-state index is 13.7. The maximum atomic E-state index is 13.7.